The first-order chi connectivity index (χ1) is 9.09. The molecule has 1 aliphatic rings. The van der Waals surface area contributed by atoms with Crippen LogP contribution in [0.5, 0.6) is 0 Å². The monoisotopic (exact) mass is 258 g/mol. The van der Waals surface area contributed by atoms with Crippen LogP contribution in [0.25, 0.3) is 11.0 Å². The highest BCUT2D eigenvalue weighted by Gasteiger charge is 2.31. The van der Waals surface area contributed by atoms with E-state index in [0.717, 1.165) is 30.6 Å². The predicted octanol–water partition coefficient (Wildman–Crippen LogP) is 2.83. The van der Waals surface area contributed by atoms with Gasteiger partial charge in [0.15, 0.2) is 0 Å². The maximum absolute atomic E-state index is 6.51. The fourth-order valence-corrected chi connectivity index (χ4v) is 3.27. The Morgan fingerprint density at radius 2 is 2.11 bits per heavy atom. The third-order valence-electron chi connectivity index (χ3n) is 4.19. The molecule has 3 rings (SSSR count). The van der Waals surface area contributed by atoms with Crippen LogP contribution in [-0.4, -0.2) is 20.1 Å². The second-order valence-corrected chi connectivity index (χ2v) is 6.10. The number of nitrogens with zero attached hydrogens (tertiary/aromatic N) is 3. The van der Waals surface area contributed by atoms with Crippen molar-refractivity contribution in [3.63, 3.8) is 0 Å². The maximum atomic E-state index is 6.51. The highest BCUT2D eigenvalue weighted by Crippen LogP contribution is 2.32. The summed E-state index contributed by atoms with van der Waals surface area (Å²) in [5.41, 5.74) is 8.61. The van der Waals surface area contributed by atoms with Crippen molar-refractivity contribution in [3.05, 3.63) is 24.3 Å². The number of rotatable bonds is 3. The Morgan fingerprint density at radius 1 is 1.37 bits per heavy atom. The lowest BCUT2D eigenvalue weighted by molar-refractivity contribution is 0.413. The molecule has 4 heteroatoms. The summed E-state index contributed by atoms with van der Waals surface area (Å²) >= 11 is 0. The summed E-state index contributed by atoms with van der Waals surface area (Å²) in [5.74, 6) is 1.11. The molecule has 1 saturated carbocycles. The van der Waals surface area contributed by atoms with E-state index in [1.54, 1.807) is 0 Å². The van der Waals surface area contributed by atoms with Crippen LogP contribution in [0.2, 0.25) is 0 Å². The zero-order chi connectivity index (χ0) is 13.5. The Hall–Kier alpha value is -1.42. The highest BCUT2D eigenvalue weighted by atomic mass is 15.1. The van der Waals surface area contributed by atoms with Crippen molar-refractivity contribution in [3.8, 4) is 0 Å². The van der Waals surface area contributed by atoms with Crippen LogP contribution < -0.4 is 5.73 Å². The molecule has 0 spiro atoms. The van der Waals surface area contributed by atoms with Gasteiger partial charge in [-0.1, -0.05) is 12.8 Å². The molecule has 2 aromatic rings. The Kier molecular flexibility index (Phi) is 3.05. The number of nitrogens with two attached hydrogens (primary N) is 1. The average molecular weight is 258 g/mol. The third-order valence-corrected chi connectivity index (χ3v) is 4.19. The number of hydrogen-bond acceptors (Lipinski definition) is 3. The number of fused-ring (bicyclic) bond motifs is 1. The summed E-state index contributed by atoms with van der Waals surface area (Å²) in [6, 6.07) is 2.44. The minimum absolute atomic E-state index is 0.0541. The first-order valence-corrected chi connectivity index (χ1v) is 7.19. The van der Waals surface area contributed by atoms with Crippen molar-refractivity contribution in [2.75, 3.05) is 0 Å². The largest absolute Gasteiger partial charge is 0.325 e. The van der Waals surface area contributed by atoms with Gasteiger partial charge in [-0.3, -0.25) is 4.98 Å². The third kappa shape index (κ3) is 2.25. The van der Waals surface area contributed by atoms with Crippen molar-refractivity contribution >= 4 is 11.0 Å². The minimum atomic E-state index is -0.0541. The number of imidazole rings is 1. The van der Waals surface area contributed by atoms with E-state index < -0.39 is 0 Å². The van der Waals surface area contributed by atoms with Gasteiger partial charge < -0.3 is 10.3 Å². The fraction of sp³-hybridized carbons (Fsp3) is 0.600. The molecule has 0 atom stereocenters. The van der Waals surface area contributed by atoms with Gasteiger partial charge in [-0.2, -0.15) is 0 Å². The standard InChI is InChI=1S/C15H22N4/c1-11(2)19-13-5-8-17-10-12(13)18-14(19)9-15(16)6-3-4-7-15/h5,8,10-11H,3-4,6-7,9,16H2,1-2H3. The van der Waals surface area contributed by atoms with Crippen molar-refractivity contribution in [2.24, 2.45) is 5.73 Å². The normalized spacial score (nSPS) is 18.5. The Labute approximate surface area is 114 Å². The molecule has 0 bridgehead atoms. The topological polar surface area (TPSA) is 56.7 Å². The SMILES string of the molecule is CC(C)n1c(CC2(N)CCCC2)nc2cnccc21. The highest BCUT2D eigenvalue weighted by molar-refractivity contribution is 5.74. The molecule has 0 aliphatic heterocycles. The van der Waals surface area contributed by atoms with Crippen LogP contribution in [0.3, 0.4) is 0 Å². The summed E-state index contributed by atoms with van der Waals surface area (Å²) in [4.78, 5) is 8.93. The molecule has 0 aromatic carbocycles. The van der Waals surface area contributed by atoms with Gasteiger partial charge >= 0.3 is 0 Å². The molecule has 1 aliphatic carbocycles. The van der Waals surface area contributed by atoms with Crippen molar-refractivity contribution in [1.29, 1.82) is 0 Å². The molecule has 0 radical (unpaired) electrons. The van der Waals surface area contributed by atoms with Gasteiger partial charge in [-0.15, -0.1) is 0 Å². The van der Waals surface area contributed by atoms with Gasteiger partial charge in [0.1, 0.15) is 11.3 Å². The molecule has 0 amide bonds. The van der Waals surface area contributed by atoms with E-state index in [2.05, 4.69) is 23.4 Å². The van der Waals surface area contributed by atoms with E-state index in [1.165, 1.54) is 18.4 Å². The first kappa shape index (κ1) is 12.6. The lowest BCUT2D eigenvalue weighted by Gasteiger charge is -2.24. The molecular formula is C15H22N4. The molecular weight excluding hydrogens is 236 g/mol. The summed E-state index contributed by atoms with van der Waals surface area (Å²) in [6.45, 7) is 4.39. The average Bonchev–Trinajstić information content (AvgIpc) is 2.92. The lowest BCUT2D eigenvalue weighted by Crippen LogP contribution is -2.39. The second-order valence-electron chi connectivity index (χ2n) is 6.10. The first-order valence-electron chi connectivity index (χ1n) is 7.19. The van der Waals surface area contributed by atoms with E-state index >= 15 is 0 Å². The molecule has 2 aromatic heterocycles. The van der Waals surface area contributed by atoms with Crippen LogP contribution in [0.4, 0.5) is 0 Å². The van der Waals surface area contributed by atoms with Gasteiger partial charge in [-0.25, -0.2) is 4.98 Å². The van der Waals surface area contributed by atoms with Gasteiger partial charge in [0, 0.05) is 24.2 Å². The van der Waals surface area contributed by atoms with Crippen LogP contribution in [0.1, 0.15) is 51.4 Å². The quantitative estimate of drug-likeness (QED) is 0.921. The maximum Gasteiger partial charge on any atom is 0.112 e. The van der Waals surface area contributed by atoms with Crippen molar-refractivity contribution in [2.45, 2.75) is 57.5 Å². The molecule has 1 fully saturated rings. The van der Waals surface area contributed by atoms with Gasteiger partial charge in [0.2, 0.25) is 0 Å². The Bertz CT molecular complexity index is 579. The molecule has 19 heavy (non-hydrogen) atoms. The molecule has 102 valence electrons. The van der Waals surface area contributed by atoms with Gasteiger partial charge in [0.05, 0.1) is 11.7 Å². The smallest absolute Gasteiger partial charge is 0.112 e. The van der Waals surface area contributed by atoms with E-state index in [1.807, 2.05) is 18.5 Å². The Morgan fingerprint density at radius 3 is 2.79 bits per heavy atom. The summed E-state index contributed by atoms with van der Waals surface area (Å²) in [5, 5.41) is 0. The van der Waals surface area contributed by atoms with Crippen LogP contribution in [-0.2, 0) is 6.42 Å². The van der Waals surface area contributed by atoms with Crippen LogP contribution >= 0.6 is 0 Å². The summed E-state index contributed by atoms with van der Waals surface area (Å²) < 4.78 is 2.31. The minimum Gasteiger partial charge on any atom is -0.325 e. The lowest BCUT2D eigenvalue weighted by atomic mass is 9.94. The summed E-state index contributed by atoms with van der Waals surface area (Å²) in [6.07, 6.45) is 9.29. The number of aromatic nitrogens is 3. The molecule has 2 heterocycles. The van der Waals surface area contributed by atoms with Crippen molar-refractivity contribution in [1.82, 2.24) is 14.5 Å². The molecule has 0 saturated heterocycles. The van der Waals surface area contributed by atoms with Crippen molar-refractivity contribution < 1.29 is 0 Å². The van der Waals surface area contributed by atoms with Gasteiger partial charge in [0.25, 0.3) is 0 Å². The van der Waals surface area contributed by atoms with Gasteiger partial charge in [-0.05, 0) is 32.8 Å². The summed E-state index contributed by atoms with van der Waals surface area (Å²) in [7, 11) is 0. The Balaban J connectivity index is 2.04. The van der Waals surface area contributed by atoms with E-state index in [-0.39, 0.29) is 5.54 Å². The van der Waals surface area contributed by atoms with Crippen LogP contribution in [0.15, 0.2) is 18.5 Å². The van der Waals surface area contributed by atoms with E-state index in [9.17, 15) is 0 Å². The predicted molar refractivity (Wildman–Crippen MR) is 77.0 cm³/mol. The van der Waals surface area contributed by atoms with E-state index in [4.69, 9.17) is 10.7 Å². The fourth-order valence-electron chi connectivity index (χ4n) is 3.27. The second kappa shape index (κ2) is 4.60. The zero-order valence-electron chi connectivity index (χ0n) is 11.8. The number of pyridine rings is 1. The zero-order valence-corrected chi connectivity index (χ0v) is 11.8. The van der Waals surface area contributed by atoms with Crippen LogP contribution in [0, 0.1) is 0 Å². The number of hydrogen-bond donors (Lipinski definition) is 1. The molecule has 4 nitrogen and oxygen atoms in total. The molecule has 0 unspecified atom stereocenters. The molecule has 2 N–H and O–H groups in total. The van der Waals surface area contributed by atoms with E-state index in [0.29, 0.717) is 6.04 Å².